The van der Waals surface area contributed by atoms with Crippen LogP contribution in [0.4, 0.5) is 8.78 Å². The molecule has 0 radical (unpaired) electrons. The second kappa shape index (κ2) is 3.01. The predicted octanol–water partition coefficient (Wildman–Crippen LogP) is 2.69. The molecule has 0 bridgehead atoms. The van der Waals surface area contributed by atoms with Crippen molar-refractivity contribution in [2.75, 3.05) is 6.26 Å². The molecule has 0 aliphatic carbocycles. The quantitative estimate of drug-likeness (QED) is 0.569. The first-order chi connectivity index (χ1) is 4.74. The molecule has 3 heteroatoms. The molecule has 10 heavy (non-hydrogen) atoms. The lowest BCUT2D eigenvalue weighted by atomic mass is 10.3. The Bertz CT molecular complexity index is 235. The van der Waals surface area contributed by atoms with Gasteiger partial charge in [-0.1, -0.05) is 0 Å². The molecule has 0 heterocycles. The van der Waals surface area contributed by atoms with Crippen LogP contribution in [-0.2, 0) is 0 Å². The number of hydrogen-bond donors (Lipinski definition) is 0. The molecule has 1 rings (SSSR count). The van der Waals surface area contributed by atoms with E-state index in [4.69, 9.17) is 0 Å². The van der Waals surface area contributed by atoms with Crippen molar-refractivity contribution in [2.45, 2.75) is 4.90 Å². The van der Waals surface area contributed by atoms with E-state index in [1.165, 1.54) is 17.8 Å². The van der Waals surface area contributed by atoms with Gasteiger partial charge in [0.05, 0.1) is 0 Å². The van der Waals surface area contributed by atoms with Gasteiger partial charge < -0.3 is 0 Å². The van der Waals surface area contributed by atoms with Crippen molar-refractivity contribution in [3.8, 4) is 0 Å². The molecule has 1 aromatic rings. The minimum absolute atomic E-state index is 0.735. The molecule has 54 valence electrons. The normalized spacial score (nSPS) is 9.90. The van der Waals surface area contributed by atoms with Crippen LogP contribution in [-0.4, -0.2) is 6.26 Å². The van der Waals surface area contributed by atoms with Gasteiger partial charge in [-0.25, -0.2) is 8.78 Å². The molecule has 0 aromatic heterocycles. The van der Waals surface area contributed by atoms with Crippen LogP contribution in [0.1, 0.15) is 0 Å². The molecule has 0 N–H and O–H groups in total. The van der Waals surface area contributed by atoms with Crippen LogP contribution in [0, 0.1) is 11.6 Å². The minimum Gasteiger partial charge on any atom is -0.204 e. The van der Waals surface area contributed by atoms with Crippen LogP contribution < -0.4 is 0 Å². The van der Waals surface area contributed by atoms with Gasteiger partial charge in [-0.3, -0.25) is 0 Å². The Hall–Kier alpha value is -0.570. The van der Waals surface area contributed by atoms with E-state index in [1.54, 1.807) is 6.07 Å². The number of rotatable bonds is 1. The summed E-state index contributed by atoms with van der Waals surface area (Å²) in [5, 5.41) is 0. The fraction of sp³-hybridized carbons (Fsp3) is 0.143. The van der Waals surface area contributed by atoms with E-state index in [1.807, 2.05) is 6.26 Å². The largest absolute Gasteiger partial charge is 0.204 e. The first kappa shape index (κ1) is 7.54. The smallest absolute Gasteiger partial charge is 0.159 e. The summed E-state index contributed by atoms with van der Waals surface area (Å²) in [5.74, 6) is -1.58. The summed E-state index contributed by atoms with van der Waals surface area (Å²) in [4.78, 5) is 0.735. The third-order valence-corrected chi connectivity index (χ3v) is 1.85. The highest BCUT2D eigenvalue weighted by Gasteiger charge is 1.99. The van der Waals surface area contributed by atoms with Gasteiger partial charge in [0.2, 0.25) is 0 Å². The number of benzene rings is 1. The molecule has 0 spiro atoms. The molecule has 0 amide bonds. The Labute approximate surface area is 62.3 Å². The summed E-state index contributed by atoms with van der Waals surface area (Å²) in [6, 6.07) is 3.85. The molecule has 0 aliphatic rings. The highest BCUT2D eigenvalue weighted by molar-refractivity contribution is 7.98. The van der Waals surface area contributed by atoms with Crippen LogP contribution in [0.5, 0.6) is 0 Å². The van der Waals surface area contributed by atoms with E-state index in [9.17, 15) is 8.78 Å². The van der Waals surface area contributed by atoms with Crippen LogP contribution in [0.2, 0.25) is 0 Å². The van der Waals surface area contributed by atoms with Crippen molar-refractivity contribution in [1.82, 2.24) is 0 Å². The van der Waals surface area contributed by atoms with Crippen molar-refractivity contribution >= 4 is 11.8 Å². The topological polar surface area (TPSA) is 0 Å². The Kier molecular flexibility index (Phi) is 2.27. The zero-order valence-electron chi connectivity index (χ0n) is 5.40. The monoisotopic (exact) mass is 160 g/mol. The van der Waals surface area contributed by atoms with Gasteiger partial charge in [-0.2, -0.15) is 0 Å². The van der Waals surface area contributed by atoms with Gasteiger partial charge in [0.15, 0.2) is 11.6 Å². The van der Waals surface area contributed by atoms with Gasteiger partial charge >= 0.3 is 0 Å². The maximum atomic E-state index is 12.4. The Morgan fingerprint density at radius 3 is 2.40 bits per heavy atom. The second-order valence-corrected chi connectivity index (χ2v) is 2.66. The Balaban J connectivity index is 3.04. The highest BCUT2D eigenvalue weighted by Crippen LogP contribution is 2.16. The van der Waals surface area contributed by atoms with Gasteiger partial charge in [0.1, 0.15) is 0 Å². The van der Waals surface area contributed by atoms with Crippen LogP contribution in [0.3, 0.4) is 0 Å². The first-order valence-corrected chi connectivity index (χ1v) is 3.95. The Morgan fingerprint density at radius 2 is 1.90 bits per heavy atom. The zero-order chi connectivity index (χ0) is 7.56. The molecule has 0 atom stereocenters. The van der Waals surface area contributed by atoms with E-state index in [-0.39, 0.29) is 0 Å². The summed E-state index contributed by atoms with van der Waals surface area (Å²) in [5.41, 5.74) is 0. The molecule has 0 saturated heterocycles. The summed E-state index contributed by atoms with van der Waals surface area (Å²) in [7, 11) is 0. The average Bonchev–Trinajstić information content (AvgIpc) is 1.95. The third-order valence-electron chi connectivity index (χ3n) is 1.13. The maximum absolute atomic E-state index is 12.4. The molecule has 0 unspecified atom stereocenters. The van der Waals surface area contributed by atoms with Crippen molar-refractivity contribution in [2.24, 2.45) is 0 Å². The predicted molar refractivity (Wildman–Crippen MR) is 38.1 cm³/mol. The minimum atomic E-state index is -0.794. The molecule has 0 aliphatic heterocycles. The summed E-state index contributed by atoms with van der Waals surface area (Å²) >= 11 is 1.38. The molecule has 1 aromatic carbocycles. The molecule has 0 fully saturated rings. The van der Waals surface area contributed by atoms with E-state index < -0.39 is 11.6 Å². The van der Waals surface area contributed by atoms with Crippen molar-refractivity contribution in [3.05, 3.63) is 29.8 Å². The van der Waals surface area contributed by atoms with E-state index in [0.717, 1.165) is 11.0 Å². The fourth-order valence-corrected chi connectivity index (χ4v) is 1.03. The highest BCUT2D eigenvalue weighted by atomic mass is 32.2. The molecule has 0 saturated carbocycles. The average molecular weight is 160 g/mol. The first-order valence-electron chi connectivity index (χ1n) is 2.73. The summed E-state index contributed by atoms with van der Waals surface area (Å²) < 4.78 is 24.6. The lowest BCUT2D eigenvalue weighted by Crippen LogP contribution is -1.81. The lowest BCUT2D eigenvalue weighted by molar-refractivity contribution is 0.506. The van der Waals surface area contributed by atoms with Crippen LogP contribution in [0.25, 0.3) is 0 Å². The van der Waals surface area contributed by atoms with Crippen LogP contribution >= 0.6 is 11.8 Å². The van der Waals surface area contributed by atoms with E-state index in [0.29, 0.717) is 0 Å². The van der Waals surface area contributed by atoms with Crippen molar-refractivity contribution in [1.29, 1.82) is 0 Å². The summed E-state index contributed by atoms with van der Waals surface area (Å²) in [6.07, 6.45) is 1.81. The molecular weight excluding hydrogens is 154 g/mol. The molecule has 0 nitrogen and oxygen atoms in total. The van der Waals surface area contributed by atoms with Crippen molar-refractivity contribution in [3.63, 3.8) is 0 Å². The van der Waals surface area contributed by atoms with E-state index >= 15 is 0 Å². The number of hydrogen-bond acceptors (Lipinski definition) is 1. The number of thioether (sulfide) groups is 1. The van der Waals surface area contributed by atoms with Gasteiger partial charge in [0, 0.05) is 4.90 Å². The second-order valence-electron chi connectivity index (χ2n) is 1.78. The maximum Gasteiger partial charge on any atom is 0.159 e. The van der Waals surface area contributed by atoms with Crippen LogP contribution in [0.15, 0.2) is 23.1 Å². The SMILES string of the molecule is CSc1ccc(F)c(F)c1. The Morgan fingerprint density at radius 1 is 1.20 bits per heavy atom. The zero-order valence-corrected chi connectivity index (χ0v) is 6.21. The lowest BCUT2D eigenvalue weighted by Gasteiger charge is -1.95. The van der Waals surface area contributed by atoms with Crippen molar-refractivity contribution < 1.29 is 8.78 Å². The number of halogens is 2. The van der Waals surface area contributed by atoms with Gasteiger partial charge in [-0.05, 0) is 24.5 Å². The third kappa shape index (κ3) is 1.48. The molecular formula is C7H6F2S. The summed E-state index contributed by atoms with van der Waals surface area (Å²) in [6.45, 7) is 0. The van der Waals surface area contributed by atoms with Gasteiger partial charge in [-0.15, -0.1) is 11.8 Å². The van der Waals surface area contributed by atoms with Gasteiger partial charge in [0.25, 0.3) is 0 Å². The fourth-order valence-electron chi connectivity index (χ4n) is 0.604. The van der Waals surface area contributed by atoms with E-state index in [2.05, 4.69) is 0 Å². The standard InChI is InChI=1S/C7H6F2S/c1-10-5-2-3-6(8)7(9)4-5/h2-4H,1H3.